The lowest BCUT2D eigenvalue weighted by molar-refractivity contribution is 0.0559. The number of esters is 1. The molecule has 100 valence electrons. The van der Waals surface area contributed by atoms with E-state index in [2.05, 4.69) is 11.8 Å². The van der Waals surface area contributed by atoms with Gasteiger partial charge in [-0.1, -0.05) is 0 Å². The van der Waals surface area contributed by atoms with E-state index in [-0.39, 0.29) is 0 Å². The van der Waals surface area contributed by atoms with Crippen LogP contribution in [0.15, 0.2) is 16.7 Å². The van der Waals surface area contributed by atoms with E-state index in [0.717, 1.165) is 24.9 Å². The molecule has 0 amide bonds. The molecule has 0 aliphatic carbocycles. The van der Waals surface area contributed by atoms with Gasteiger partial charge in [-0.15, -0.1) is 0 Å². The molecule has 0 aromatic carbocycles. The molecule has 2 unspecified atom stereocenters. The molecule has 0 radical (unpaired) electrons. The molecule has 2 N–H and O–H groups in total. The molecule has 1 aromatic rings. The molecule has 2 heterocycles. The number of likely N-dealkylation sites (tertiary alicyclic amines) is 1. The molecular formula is C13H20N2O3. The molecule has 1 saturated heterocycles. The van der Waals surface area contributed by atoms with E-state index in [1.807, 2.05) is 6.07 Å². The Bertz CT molecular complexity index is 416. The van der Waals surface area contributed by atoms with Gasteiger partial charge in [0, 0.05) is 30.7 Å². The summed E-state index contributed by atoms with van der Waals surface area (Å²) in [7, 11) is 1.36. The van der Waals surface area contributed by atoms with Gasteiger partial charge in [0.1, 0.15) is 0 Å². The number of furan rings is 1. The zero-order valence-corrected chi connectivity index (χ0v) is 10.9. The Morgan fingerprint density at radius 1 is 1.67 bits per heavy atom. The molecule has 1 aliphatic rings. The van der Waals surface area contributed by atoms with Crippen LogP contribution in [0.1, 0.15) is 35.9 Å². The number of hydrogen-bond donors (Lipinski definition) is 1. The third-order valence-corrected chi connectivity index (χ3v) is 3.55. The molecule has 0 saturated carbocycles. The van der Waals surface area contributed by atoms with Crippen LogP contribution >= 0.6 is 0 Å². The number of hydrogen-bond acceptors (Lipinski definition) is 5. The summed E-state index contributed by atoms with van der Waals surface area (Å²) in [5.41, 5.74) is 6.82. The number of ether oxygens (including phenoxy) is 1. The van der Waals surface area contributed by atoms with Crippen molar-refractivity contribution in [2.75, 3.05) is 13.7 Å². The fraction of sp³-hybridized carbons (Fsp3) is 0.615. The van der Waals surface area contributed by atoms with Crippen molar-refractivity contribution in [2.24, 2.45) is 5.73 Å². The average Bonchev–Trinajstić information content (AvgIpc) is 2.80. The van der Waals surface area contributed by atoms with Gasteiger partial charge in [0.05, 0.1) is 13.4 Å². The number of carbonyl (C=O) groups excluding carboxylic acids is 1. The summed E-state index contributed by atoms with van der Waals surface area (Å²) >= 11 is 0. The number of nitrogens with zero attached hydrogens (tertiary/aromatic N) is 1. The molecule has 5 heteroatoms. The van der Waals surface area contributed by atoms with Crippen molar-refractivity contribution in [3.05, 3.63) is 23.7 Å². The maximum atomic E-state index is 11.5. The third-order valence-electron chi connectivity index (χ3n) is 3.55. The first-order chi connectivity index (χ1) is 8.61. The van der Waals surface area contributed by atoms with Crippen molar-refractivity contribution < 1.29 is 13.9 Å². The number of piperidine rings is 1. The fourth-order valence-electron chi connectivity index (χ4n) is 2.44. The summed E-state index contributed by atoms with van der Waals surface area (Å²) in [5, 5.41) is 0. The Kier molecular flexibility index (Phi) is 4.04. The van der Waals surface area contributed by atoms with E-state index in [4.69, 9.17) is 14.9 Å². The highest BCUT2D eigenvalue weighted by Gasteiger charge is 2.25. The lowest BCUT2D eigenvalue weighted by atomic mass is 9.98. The Hall–Kier alpha value is -1.33. The van der Waals surface area contributed by atoms with Gasteiger partial charge >= 0.3 is 5.97 Å². The second kappa shape index (κ2) is 5.54. The number of carbonyl (C=O) groups is 1. The van der Waals surface area contributed by atoms with Crippen LogP contribution in [0.25, 0.3) is 0 Å². The third kappa shape index (κ3) is 2.73. The van der Waals surface area contributed by atoms with Crippen LogP contribution in [0, 0.1) is 0 Å². The van der Waals surface area contributed by atoms with Crippen LogP contribution < -0.4 is 5.73 Å². The monoisotopic (exact) mass is 252 g/mol. The van der Waals surface area contributed by atoms with Crippen LogP contribution in [-0.4, -0.2) is 36.6 Å². The summed E-state index contributed by atoms with van der Waals surface area (Å²) in [6, 6.07) is 2.54. The van der Waals surface area contributed by atoms with E-state index < -0.39 is 5.97 Å². The zero-order chi connectivity index (χ0) is 13.1. The van der Waals surface area contributed by atoms with Crippen molar-refractivity contribution in [3.8, 4) is 0 Å². The van der Waals surface area contributed by atoms with Crippen LogP contribution in [0.2, 0.25) is 0 Å². The summed E-state index contributed by atoms with van der Waals surface area (Å²) in [6.45, 7) is 3.82. The predicted molar refractivity (Wildman–Crippen MR) is 67.1 cm³/mol. The largest absolute Gasteiger partial charge is 0.463 e. The summed E-state index contributed by atoms with van der Waals surface area (Å²) in [6.07, 6.45) is 3.52. The number of methoxy groups -OCH3 is 1. The van der Waals surface area contributed by atoms with E-state index in [9.17, 15) is 4.79 Å². The summed E-state index contributed by atoms with van der Waals surface area (Å²) in [5.74, 6) is -0.115. The number of rotatable bonds is 3. The maximum absolute atomic E-state index is 11.5. The van der Waals surface area contributed by atoms with Gasteiger partial charge in [0.15, 0.2) is 0 Å². The average molecular weight is 252 g/mol. The Morgan fingerprint density at radius 2 is 2.44 bits per heavy atom. The Morgan fingerprint density at radius 3 is 3.11 bits per heavy atom. The van der Waals surface area contributed by atoms with E-state index >= 15 is 0 Å². The van der Waals surface area contributed by atoms with E-state index in [0.29, 0.717) is 24.4 Å². The van der Waals surface area contributed by atoms with Gasteiger partial charge in [-0.25, -0.2) is 4.79 Å². The summed E-state index contributed by atoms with van der Waals surface area (Å²) < 4.78 is 9.89. The molecule has 1 aliphatic heterocycles. The van der Waals surface area contributed by atoms with Crippen LogP contribution in [0.3, 0.4) is 0 Å². The first-order valence-electron chi connectivity index (χ1n) is 6.26. The van der Waals surface area contributed by atoms with E-state index in [1.54, 1.807) is 0 Å². The zero-order valence-electron chi connectivity index (χ0n) is 10.9. The highest BCUT2D eigenvalue weighted by molar-refractivity contribution is 5.87. The SMILES string of the molecule is COC(=O)c1occc1CN1CCC(N)CC1C. The molecule has 2 atom stereocenters. The highest BCUT2D eigenvalue weighted by Crippen LogP contribution is 2.21. The second-order valence-electron chi connectivity index (χ2n) is 4.87. The molecule has 18 heavy (non-hydrogen) atoms. The molecule has 0 bridgehead atoms. The standard InChI is InChI=1S/C13H20N2O3/c1-9-7-11(14)3-5-15(9)8-10-4-6-18-12(10)13(16)17-2/h4,6,9,11H,3,5,7-8,14H2,1-2H3. The first-order valence-corrected chi connectivity index (χ1v) is 6.26. The maximum Gasteiger partial charge on any atom is 0.374 e. The fourth-order valence-corrected chi connectivity index (χ4v) is 2.44. The van der Waals surface area contributed by atoms with Crippen LogP contribution in [-0.2, 0) is 11.3 Å². The molecule has 0 spiro atoms. The van der Waals surface area contributed by atoms with Gasteiger partial charge in [0.2, 0.25) is 5.76 Å². The van der Waals surface area contributed by atoms with Gasteiger partial charge < -0.3 is 14.9 Å². The normalized spacial score (nSPS) is 25.1. The summed E-state index contributed by atoms with van der Waals surface area (Å²) in [4.78, 5) is 13.8. The highest BCUT2D eigenvalue weighted by atomic mass is 16.5. The first kappa shape index (κ1) is 13.1. The van der Waals surface area contributed by atoms with E-state index in [1.165, 1.54) is 13.4 Å². The minimum atomic E-state index is -0.420. The lowest BCUT2D eigenvalue weighted by Crippen LogP contribution is -2.45. The molecule has 1 fully saturated rings. The van der Waals surface area contributed by atoms with Gasteiger partial charge in [-0.3, -0.25) is 4.90 Å². The number of nitrogens with two attached hydrogens (primary N) is 1. The van der Waals surface area contributed by atoms with Crippen molar-refractivity contribution in [1.29, 1.82) is 0 Å². The molecule has 1 aromatic heterocycles. The molecule has 5 nitrogen and oxygen atoms in total. The van der Waals surface area contributed by atoms with Crippen molar-refractivity contribution in [2.45, 2.75) is 38.4 Å². The van der Waals surface area contributed by atoms with Gasteiger partial charge in [0.25, 0.3) is 0 Å². The van der Waals surface area contributed by atoms with Crippen LogP contribution in [0.4, 0.5) is 0 Å². The molecular weight excluding hydrogens is 232 g/mol. The topological polar surface area (TPSA) is 68.7 Å². The van der Waals surface area contributed by atoms with Crippen molar-refractivity contribution in [1.82, 2.24) is 4.90 Å². The molecule has 2 rings (SSSR count). The van der Waals surface area contributed by atoms with Gasteiger partial charge in [-0.05, 0) is 25.8 Å². The van der Waals surface area contributed by atoms with Crippen molar-refractivity contribution >= 4 is 5.97 Å². The minimum absolute atomic E-state index is 0.292. The second-order valence-corrected chi connectivity index (χ2v) is 4.87. The Balaban J connectivity index is 2.05. The van der Waals surface area contributed by atoms with Crippen LogP contribution in [0.5, 0.6) is 0 Å². The minimum Gasteiger partial charge on any atom is -0.463 e. The smallest absolute Gasteiger partial charge is 0.374 e. The Labute approximate surface area is 107 Å². The van der Waals surface area contributed by atoms with Gasteiger partial charge in [-0.2, -0.15) is 0 Å². The lowest BCUT2D eigenvalue weighted by Gasteiger charge is -2.36. The predicted octanol–water partition coefficient (Wildman–Crippen LogP) is 1.38. The van der Waals surface area contributed by atoms with Crippen molar-refractivity contribution in [3.63, 3.8) is 0 Å². The quantitative estimate of drug-likeness (QED) is 0.823.